The van der Waals surface area contributed by atoms with Crippen LogP contribution in [0.4, 0.5) is 0 Å². The Hall–Kier alpha value is -3.51. The van der Waals surface area contributed by atoms with Gasteiger partial charge in [-0.25, -0.2) is 4.98 Å². The first kappa shape index (κ1) is 23.2. The molecule has 0 spiro atoms. The van der Waals surface area contributed by atoms with Gasteiger partial charge < -0.3 is 9.88 Å². The molecule has 0 radical (unpaired) electrons. The van der Waals surface area contributed by atoms with Crippen molar-refractivity contribution in [2.45, 2.75) is 39.0 Å². The fourth-order valence-corrected chi connectivity index (χ4v) is 5.42. The first-order valence-electron chi connectivity index (χ1n) is 12.0. The Morgan fingerprint density at radius 3 is 2.37 bits per heavy atom. The highest BCUT2D eigenvalue weighted by molar-refractivity contribution is 7.17. The molecule has 0 unspecified atom stereocenters. The van der Waals surface area contributed by atoms with Gasteiger partial charge in [0.05, 0.1) is 11.0 Å². The summed E-state index contributed by atoms with van der Waals surface area (Å²) in [4.78, 5) is 37.0. The molecule has 0 bridgehead atoms. The Balaban J connectivity index is 1.61. The number of fused-ring (bicyclic) bond motifs is 1. The van der Waals surface area contributed by atoms with Crippen molar-refractivity contribution in [3.63, 3.8) is 0 Å². The third kappa shape index (κ3) is 4.71. The minimum Gasteiger partial charge on any atom is -0.339 e. The first-order valence-corrected chi connectivity index (χ1v) is 12.9. The number of amides is 1. The molecule has 4 aromatic rings. The summed E-state index contributed by atoms with van der Waals surface area (Å²) in [5.41, 5.74) is 4.20. The van der Waals surface area contributed by atoms with E-state index >= 15 is 0 Å². The molecule has 5 rings (SSSR count). The van der Waals surface area contributed by atoms with E-state index in [0.29, 0.717) is 21.6 Å². The zero-order chi connectivity index (χ0) is 24.6. The van der Waals surface area contributed by atoms with E-state index in [1.54, 1.807) is 0 Å². The van der Waals surface area contributed by atoms with Crippen molar-refractivity contribution in [1.29, 1.82) is 0 Å². The van der Waals surface area contributed by atoms with Crippen LogP contribution < -0.4 is 5.56 Å². The van der Waals surface area contributed by atoms with Gasteiger partial charge >= 0.3 is 0 Å². The molecule has 1 aliphatic heterocycles. The van der Waals surface area contributed by atoms with E-state index in [9.17, 15) is 9.59 Å². The molecule has 1 saturated heterocycles. The molecular weight excluding hydrogens is 454 g/mol. The summed E-state index contributed by atoms with van der Waals surface area (Å²) >= 11 is 1.43. The molecule has 1 aliphatic rings. The molecule has 5 nitrogen and oxygen atoms in total. The van der Waals surface area contributed by atoms with Crippen LogP contribution in [0.1, 0.15) is 50.6 Å². The number of thiophene rings is 1. The van der Waals surface area contributed by atoms with Crippen LogP contribution in [0, 0.1) is 0 Å². The SMILES string of the molecule is CC(C)(C)c1ccc(/C=C(/C(=O)N2CCCC2)c2nc3scc(-c4ccccc4)c3c(=O)[nH]2)cc1. The van der Waals surface area contributed by atoms with E-state index in [-0.39, 0.29) is 16.9 Å². The predicted octanol–water partition coefficient (Wildman–Crippen LogP) is 6.11. The third-order valence-corrected chi connectivity index (χ3v) is 7.37. The lowest BCUT2D eigenvalue weighted by molar-refractivity contribution is -0.123. The largest absolute Gasteiger partial charge is 0.339 e. The molecule has 3 heterocycles. The summed E-state index contributed by atoms with van der Waals surface area (Å²) < 4.78 is 0. The molecule has 1 N–H and O–H groups in total. The molecule has 6 heteroatoms. The lowest BCUT2D eigenvalue weighted by Gasteiger charge is -2.19. The molecule has 0 aliphatic carbocycles. The first-order chi connectivity index (χ1) is 16.8. The van der Waals surface area contributed by atoms with Gasteiger partial charge in [0.2, 0.25) is 0 Å². The zero-order valence-electron chi connectivity index (χ0n) is 20.3. The van der Waals surface area contributed by atoms with Crippen LogP contribution >= 0.6 is 11.3 Å². The highest BCUT2D eigenvalue weighted by Gasteiger charge is 2.25. The van der Waals surface area contributed by atoms with Crippen LogP contribution in [0.25, 0.3) is 33.0 Å². The minimum absolute atomic E-state index is 0.0455. The Morgan fingerprint density at radius 2 is 1.71 bits per heavy atom. The number of hydrogen-bond acceptors (Lipinski definition) is 4. The summed E-state index contributed by atoms with van der Waals surface area (Å²) in [5, 5.41) is 2.52. The van der Waals surface area contributed by atoms with Gasteiger partial charge in [-0.05, 0) is 41.0 Å². The quantitative estimate of drug-likeness (QED) is 0.356. The number of benzene rings is 2. The molecule has 0 atom stereocenters. The van der Waals surface area contributed by atoms with E-state index in [2.05, 4.69) is 37.9 Å². The number of carbonyl (C=O) groups is 1. The van der Waals surface area contributed by atoms with Gasteiger partial charge in [-0.1, -0.05) is 75.4 Å². The molecule has 2 aromatic carbocycles. The van der Waals surface area contributed by atoms with Crippen LogP contribution in [0.15, 0.2) is 64.8 Å². The third-order valence-electron chi connectivity index (χ3n) is 6.50. The number of aromatic nitrogens is 2. The highest BCUT2D eigenvalue weighted by atomic mass is 32.1. The maximum Gasteiger partial charge on any atom is 0.260 e. The summed E-state index contributed by atoms with van der Waals surface area (Å²) in [6, 6.07) is 18.1. The van der Waals surface area contributed by atoms with Crippen LogP contribution in [0.2, 0.25) is 0 Å². The molecular formula is C29H29N3O2S. The van der Waals surface area contributed by atoms with Gasteiger partial charge in [-0.2, -0.15) is 0 Å². The lowest BCUT2D eigenvalue weighted by Crippen LogP contribution is -2.29. The zero-order valence-corrected chi connectivity index (χ0v) is 21.1. The van der Waals surface area contributed by atoms with E-state index in [1.165, 1.54) is 16.9 Å². The van der Waals surface area contributed by atoms with Crippen LogP contribution in [-0.2, 0) is 10.2 Å². The Kier molecular flexibility index (Phi) is 6.15. The molecule has 1 fully saturated rings. The van der Waals surface area contributed by atoms with Crippen LogP contribution in [-0.4, -0.2) is 33.9 Å². The van der Waals surface area contributed by atoms with Gasteiger partial charge in [0.15, 0.2) is 0 Å². The van der Waals surface area contributed by atoms with E-state index in [0.717, 1.165) is 42.6 Å². The number of nitrogens with one attached hydrogen (secondary N) is 1. The Labute approximate surface area is 209 Å². The van der Waals surface area contributed by atoms with Gasteiger partial charge in [0.1, 0.15) is 10.7 Å². The normalized spacial score (nSPS) is 14.6. The Bertz CT molecular complexity index is 1450. The second-order valence-electron chi connectivity index (χ2n) is 10.0. The van der Waals surface area contributed by atoms with E-state index in [4.69, 9.17) is 4.98 Å². The van der Waals surface area contributed by atoms with E-state index in [1.807, 2.05) is 58.8 Å². The fraction of sp³-hybridized carbons (Fsp3) is 0.276. The number of carbonyl (C=O) groups excluding carboxylic acids is 1. The molecule has 0 saturated carbocycles. The van der Waals surface area contributed by atoms with Crippen molar-refractivity contribution in [3.05, 3.63) is 87.3 Å². The number of hydrogen-bond donors (Lipinski definition) is 1. The topological polar surface area (TPSA) is 66.1 Å². The average Bonchev–Trinajstić information content (AvgIpc) is 3.53. The Morgan fingerprint density at radius 1 is 1.03 bits per heavy atom. The maximum absolute atomic E-state index is 13.5. The number of nitrogens with zero attached hydrogens (tertiary/aromatic N) is 2. The summed E-state index contributed by atoms with van der Waals surface area (Å²) in [7, 11) is 0. The van der Waals surface area contributed by atoms with Crippen molar-refractivity contribution in [2.24, 2.45) is 0 Å². The number of likely N-dealkylation sites (tertiary alicyclic amines) is 1. The molecule has 35 heavy (non-hydrogen) atoms. The monoisotopic (exact) mass is 483 g/mol. The van der Waals surface area contributed by atoms with Crippen molar-refractivity contribution < 1.29 is 4.79 Å². The predicted molar refractivity (Wildman–Crippen MR) is 145 cm³/mol. The molecule has 2 aromatic heterocycles. The summed E-state index contributed by atoms with van der Waals surface area (Å²) in [5.74, 6) is 0.227. The van der Waals surface area contributed by atoms with Crippen molar-refractivity contribution in [1.82, 2.24) is 14.9 Å². The van der Waals surface area contributed by atoms with Gasteiger partial charge in [-0.3, -0.25) is 9.59 Å². The van der Waals surface area contributed by atoms with Gasteiger partial charge in [0.25, 0.3) is 11.5 Å². The van der Waals surface area contributed by atoms with Crippen molar-refractivity contribution >= 4 is 39.1 Å². The van der Waals surface area contributed by atoms with Gasteiger partial charge in [0, 0.05) is 24.0 Å². The van der Waals surface area contributed by atoms with Crippen molar-refractivity contribution in [2.75, 3.05) is 13.1 Å². The molecule has 178 valence electrons. The smallest absolute Gasteiger partial charge is 0.260 e. The minimum atomic E-state index is -0.228. The summed E-state index contributed by atoms with van der Waals surface area (Å²) in [6.07, 6.45) is 3.84. The fourth-order valence-electron chi connectivity index (χ4n) is 4.47. The second kappa shape index (κ2) is 9.27. The summed E-state index contributed by atoms with van der Waals surface area (Å²) in [6.45, 7) is 7.98. The lowest BCUT2D eigenvalue weighted by atomic mass is 9.86. The van der Waals surface area contributed by atoms with Crippen LogP contribution in [0.5, 0.6) is 0 Å². The van der Waals surface area contributed by atoms with Crippen molar-refractivity contribution in [3.8, 4) is 11.1 Å². The maximum atomic E-state index is 13.5. The standard InChI is InChI=1S/C29H29N3O2S/c1-29(2,3)21-13-11-19(12-14-21)17-22(28(34)32-15-7-8-16-32)25-30-26(33)24-23(18-35-27(24)31-25)20-9-5-4-6-10-20/h4-6,9-14,17-18H,7-8,15-16H2,1-3H3,(H,30,31,33)/b22-17+. The highest BCUT2D eigenvalue weighted by Crippen LogP contribution is 2.32. The van der Waals surface area contributed by atoms with Gasteiger partial charge in [-0.15, -0.1) is 11.3 Å². The number of H-pyrrole nitrogens is 1. The van der Waals surface area contributed by atoms with E-state index < -0.39 is 0 Å². The average molecular weight is 484 g/mol. The number of aromatic amines is 1. The second-order valence-corrected chi connectivity index (χ2v) is 10.9. The molecule has 1 amide bonds. The number of rotatable bonds is 4. The van der Waals surface area contributed by atoms with Crippen LogP contribution in [0.3, 0.4) is 0 Å².